The SMILES string of the molecule is COc1cc(Cl)ccc1C(=O)NCC1(c2ccc(F)cc2)CCOCC1. The van der Waals surface area contributed by atoms with Crippen LogP contribution < -0.4 is 10.1 Å². The fourth-order valence-corrected chi connectivity index (χ4v) is 3.49. The number of carbonyl (C=O) groups is 1. The standard InChI is InChI=1S/C20H21ClFNO3/c1-25-18-12-15(21)4-7-17(18)19(24)23-13-20(8-10-26-11-9-20)14-2-5-16(22)6-3-14/h2-7,12H,8-11,13H2,1H3,(H,23,24). The third-order valence-corrected chi connectivity index (χ3v) is 5.14. The Labute approximate surface area is 157 Å². The van der Waals surface area contributed by atoms with Crippen LogP contribution in [0.5, 0.6) is 5.75 Å². The lowest BCUT2D eigenvalue weighted by molar-refractivity contribution is 0.0486. The van der Waals surface area contributed by atoms with Crippen molar-refractivity contribution in [1.82, 2.24) is 5.32 Å². The molecule has 1 aliphatic rings. The van der Waals surface area contributed by atoms with E-state index in [0.29, 0.717) is 36.1 Å². The van der Waals surface area contributed by atoms with Gasteiger partial charge in [0.1, 0.15) is 11.6 Å². The summed E-state index contributed by atoms with van der Waals surface area (Å²) in [5.41, 5.74) is 1.16. The number of nitrogens with one attached hydrogen (secondary N) is 1. The van der Waals surface area contributed by atoms with Crippen LogP contribution >= 0.6 is 11.6 Å². The van der Waals surface area contributed by atoms with Crippen LogP contribution in [0.4, 0.5) is 4.39 Å². The maximum Gasteiger partial charge on any atom is 0.255 e. The summed E-state index contributed by atoms with van der Waals surface area (Å²) < 4.78 is 24.1. The number of benzene rings is 2. The molecule has 6 heteroatoms. The van der Waals surface area contributed by atoms with Crippen LogP contribution in [0.15, 0.2) is 42.5 Å². The van der Waals surface area contributed by atoms with E-state index >= 15 is 0 Å². The van der Waals surface area contributed by atoms with E-state index in [9.17, 15) is 9.18 Å². The van der Waals surface area contributed by atoms with E-state index in [1.54, 1.807) is 30.3 Å². The Morgan fingerprint density at radius 1 is 1.23 bits per heavy atom. The van der Waals surface area contributed by atoms with Crippen LogP contribution in [0.2, 0.25) is 5.02 Å². The monoisotopic (exact) mass is 377 g/mol. The summed E-state index contributed by atoms with van der Waals surface area (Å²) in [6, 6.07) is 11.4. The molecule has 2 aromatic carbocycles. The van der Waals surface area contributed by atoms with Gasteiger partial charge in [-0.3, -0.25) is 4.79 Å². The van der Waals surface area contributed by atoms with Crippen LogP contribution in [0, 0.1) is 5.82 Å². The van der Waals surface area contributed by atoms with Crippen molar-refractivity contribution in [2.45, 2.75) is 18.3 Å². The fourth-order valence-electron chi connectivity index (χ4n) is 3.33. The number of halogens is 2. The van der Waals surface area contributed by atoms with Gasteiger partial charge in [0.05, 0.1) is 12.7 Å². The largest absolute Gasteiger partial charge is 0.496 e. The van der Waals surface area contributed by atoms with Crippen molar-refractivity contribution in [3.63, 3.8) is 0 Å². The van der Waals surface area contributed by atoms with Crippen LogP contribution in [-0.2, 0) is 10.2 Å². The Kier molecular flexibility index (Phi) is 5.79. The number of hydrogen-bond acceptors (Lipinski definition) is 3. The molecule has 1 aliphatic heterocycles. The van der Waals surface area contributed by atoms with Crippen molar-refractivity contribution in [3.8, 4) is 5.75 Å². The van der Waals surface area contributed by atoms with Crippen LogP contribution in [0.3, 0.4) is 0 Å². The van der Waals surface area contributed by atoms with Gasteiger partial charge in [-0.25, -0.2) is 4.39 Å². The van der Waals surface area contributed by atoms with Crippen molar-refractivity contribution in [3.05, 3.63) is 64.4 Å². The van der Waals surface area contributed by atoms with Crippen molar-refractivity contribution in [2.24, 2.45) is 0 Å². The van der Waals surface area contributed by atoms with Gasteiger partial charge in [0.25, 0.3) is 5.91 Å². The molecule has 0 radical (unpaired) electrons. The van der Waals surface area contributed by atoms with Gasteiger partial charge in [0, 0.05) is 30.2 Å². The second-order valence-corrected chi connectivity index (χ2v) is 6.86. The minimum atomic E-state index is -0.277. The van der Waals surface area contributed by atoms with Gasteiger partial charge in [-0.15, -0.1) is 0 Å². The third kappa shape index (κ3) is 4.00. The molecule has 0 atom stereocenters. The molecule has 138 valence electrons. The zero-order chi connectivity index (χ0) is 18.6. The molecular formula is C20H21ClFNO3. The van der Waals surface area contributed by atoms with E-state index in [0.717, 1.165) is 18.4 Å². The first kappa shape index (κ1) is 18.7. The molecule has 1 amide bonds. The van der Waals surface area contributed by atoms with Crippen molar-refractivity contribution < 1.29 is 18.7 Å². The van der Waals surface area contributed by atoms with E-state index < -0.39 is 0 Å². The maximum atomic E-state index is 13.3. The van der Waals surface area contributed by atoms with Gasteiger partial charge >= 0.3 is 0 Å². The molecular weight excluding hydrogens is 357 g/mol. The molecule has 0 spiro atoms. The molecule has 0 bridgehead atoms. The zero-order valence-corrected chi connectivity index (χ0v) is 15.3. The summed E-state index contributed by atoms with van der Waals surface area (Å²) in [6.07, 6.45) is 1.52. The van der Waals surface area contributed by atoms with Crippen LogP contribution in [0.25, 0.3) is 0 Å². The molecule has 1 N–H and O–H groups in total. The third-order valence-electron chi connectivity index (χ3n) is 4.90. The van der Waals surface area contributed by atoms with Gasteiger partial charge in [-0.2, -0.15) is 0 Å². The second-order valence-electron chi connectivity index (χ2n) is 6.43. The van der Waals surface area contributed by atoms with Crippen LogP contribution in [0.1, 0.15) is 28.8 Å². The number of ether oxygens (including phenoxy) is 2. The fraction of sp³-hybridized carbons (Fsp3) is 0.350. The lowest BCUT2D eigenvalue weighted by Gasteiger charge is -2.38. The zero-order valence-electron chi connectivity index (χ0n) is 14.6. The van der Waals surface area contributed by atoms with E-state index in [2.05, 4.69) is 5.32 Å². The molecule has 26 heavy (non-hydrogen) atoms. The van der Waals surface area contributed by atoms with Gasteiger partial charge in [-0.05, 0) is 48.7 Å². The Morgan fingerprint density at radius 3 is 2.58 bits per heavy atom. The first-order valence-electron chi connectivity index (χ1n) is 8.50. The van der Waals surface area contributed by atoms with Gasteiger partial charge < -0.3 is 14.8 Å². The molecule has 0 aromatic heterocycles. The molecule has 1 fully saturated rings. The highest BCUT2D eigenvalue weighted by Crippen LogP contribution is 2.34. The Balaban J connectivity index is 1.80. The Morgan fingerprint density at radius 2 is 1.92 bits per heavy atom. The molecule has 1 heterocycles. The highest BCUT2D eigenvalue weighted by Gasteiger charge is 2.35. The molecule has 0 saturated carbocycles. The smallest absolute Gasteiger partial charge is 0.255 e. The summed E-state index contributed by atoms with van der Waals surface area (Å²) in [5.74, 6) is -0.0739. The van der Waals surface area contributed by atoms with Gasteiger partial charge in [0.15, 0.2) is 0 Å². The minimum Gasteiger partial charge on any atom is -0.496 e. The molecule has 2 aromatic rings. The summed E-state index contributed by atoms with van der Waals surface area (Å²) in [5, 5.41) is 3.51. The van der Waals surface area contributed by atoms with Crippen molar-refractivity contribution in [2.75, 3.05) is 26.9 Å². The number of rotatable bonds is 5. The number of carbonyl (C=O) groups excluding carboxylic acids is 1. The summed E-state index contributed by atoms with van der Waals surface area (Å²) in [4.78, 5) is 12.7. The second kappa shape index (κ2) is 8.06. The van der Waals surface area contributed by atoms with Gasteiger partial charge in [0.2, 0.25) is 0 Å². The maximum absolute atomic E-state index is 13.3. The molecule has 4 nitrogen and oxygen atoms in total. The van der Waals surface area contributed by atoms with E-state index in [1.165, 1.54) is 19.2 Å². The molecule has 1 saturated heterocycles. The lowest BCUT2D eigenvalue weighted by atomic mass is 9.74. The average Bonchev–Trinajstić information content (AvgIpc) is 2.67. The number of hydrogen-bond donors (Lipinski definition) is 1. The minimum absolute atomic E-state index is 0.230. The number of methoxy groups -OCH3 is 1. The van der Waals surface area contributed by atoms with E-state index in [-0.39, 0.29) is 17.1 Å². The van der Waals surface area contributed by atoms with Gasteiger partial charge in [-0.1, -0.05) is 23.7 Å². The first-order valence-corrected chi connectivity index (χ1v) is 8.87. The molecule has 0 aliphatic carbocycles. The predicted octanol–water partition coefficient (Wildman–Crippen LogP) is 3.97. The average molecular weight is 378 g/mol. The Bertz CT molecular complexity index is 773. The lowest BCUT2D eigenvalue weighted by Crippen LogP contribution is -2.44. The first-order chi connectivity index (χ1) is 12.5. The molecule has 0 unspecified atom stereocenters. The predicted molar refractivity (Wildman–Crippen MR) is 98.5 cm³/mol. The summed E-state index contributed by atoms with van der Waals surface area (Å²) in [6.45, 7) is 1.65. The van der Waals surface area contributed by atoms with E-state index in [1.807, 2.05) is 0 Å². The highest BCUT2D eigenvalue weighted by atomic mass is 35.5. The normalized spacial score (nSPS) is 16.1. The summed E-state index contributed by atoms with van der Waals surface area (Å²) in [7, 11) is 1.50. The van der Waals surface area contributed by atoms with Crippen molar-refractivity contribution in [1.29, 1.82) is 0 Å². The molecule has 3 rings (SSSR count). The Hall–Kier alpha value is -2.11. The van der Waals surface area contributed by atoms with E-state index in [4.69, 9.17) is 21.1 Å². The number of amides is 1. The van der Waals surface area contributed by atoms with Crippen LogP contribution in [-0.4, -0.2) is 32.8 Å². The quantitative estimate of drug-likeness (QED) is 0.857. The van der Waals surface area contributed by atoms with Crippen molar-refractivity contribution >= 4 is 17.5 Å². The summed E-state index contributed by atoms with van der Waals surface area (Å²) >= 11 is 5.96. The topological polar surface area (TPSA) is 47.6 Å². The highest BCUT2D eigenvalue weighted by molar-refractivity contribution is 6.30.